The molecule has 8 fully saturated rings. The van der Waals surface area contributed by atoms with Crippen molar-refractivity contribution < 1.29 is 34.8 Å². The number of epoxide rings is 1. The zero-order valence-corrected chi connectivity index (χ0v) is 49.0. The van der Waals surface area contributed by atoms with Crippen molar-refractivity contribution in [1.82, 2.24) is 10.6 Å². The van der Waals surface area contributed by atoms with E-state index >= 15 is 9.59 Å². The van der Waals surface area contributed by atoms with Gasteiger partial charge < -0.3 is 41.5 Å². The molecule has 2 aromatic carbocycles. The smallest absolute Gasteiger partial charge is 0.163 e. The van der Waals surface area contributed by atoms with E-state index in [1.54, 1.807) is 0 Å². The molecule has 8 aliphatic carbocycles. The summed E-state index contributed by atoms with van der Waals surface area (Å²) >= 11 is 0. The van der Waals surface area contributed by atoms with E-state index in [9.17, 15) is 20.4 Å². The van der Waals surface area contributed by atoms with Crippen LogP contribution in [0.25, 0.3) is 0 Å². The SMILES string of the molecule is CNCc1cc(O)cc([C@H]2C[C@@]3(C)[C@H]4CCC5=C6C(=O)[C@@H]7CC[C@H](CC[C@H]8CC[C@H](CO)C[C@@H]8[C@@H]6C[C@@H](O)[C@H]6O[C@]6(C)[C@@H]6CCC[C@H]6c6cc(N)cc(CC(C)C)c6)[C@@]4(C[C@@H]4NC[C@](C)(O)CCCC[C@@](C)(C2=O)[C@H]43)[C@]57C)c1. The summed E-state index contributed by atoms with van der Waals surface area (Å²) in [5.74, 6) is 2.72. The third-order valence-electron chi connectivity index (χ3n) is 25.2. The first-order valence-corrected chi connectivity index (χ1v) is 31.7. The van der Waals surface area contributed by atoms with Crippen LogP contribution < -0.4 is 16.4 Å². The van der Waals surface area contributed by atoms with E-state index in [-0.39, 0.29) is 82.7 Å². The maximum Gasteiger partial charge on any atom is 0.163 e. The number of benzene rings is 2. The third-order valence-corrected chi connectivity index (χ3v) is 25.2. The number of anilines is 1. The molecule has 6 saturated carbocycles. The van der Waals surface area contributed by atoms with Gasteiger partial charge in [-0.25, -0.2) is 0 Å². The summed E-state index contributed by atoms with van der Waals surface area (Å²) in [6.07, 6.45) is 17.2. The molecule has 2 heterocycles. The van der Waals surface area contributed by atoms with Gasteiger partial charge in [-0.3, -0.25) is 9.59 Å². The summed E-state index contributed by atoms with van der Waals surface area (Å²) in [6.45, 7) is 17.4. The van der Waals surface area contributed by atoms with Crippen molar-refractivity contribution in [3.05, 3.63) is 69.8 Å². The van der Waals surface area contributed by atoms with Gasteiger partial charge in [0.25, 0.3) is 0 Å². The molecule has 0 unspecified atom stereocenters. The maximum atomic E-state index is 16.4. The Balaban J connectivity index is 0.962. The molecule has 1 spiro atoms. The first-order chi connectivity index (χ1) is 37.1. The molecule has 0 amide bonds. The minimum atomic E-state index is -0.887. The number of hydrogen-bond acceptors (Lipinski definition) is 10. The number of nitrogens with two attached hydrogens (primary N) is 1. The topological polar surface area (TPSA) is 178 Å². The number of aromatic hydroxyl groups is 1. The number of nitrogens with one attached hydrogen (secondary N) is 2. The number of carbonyl (C=O) groups is 2. The van der Waals surface area contributed by atoms with Crippen LogP contribution in [0.2, 0.25) is 0 Å². The van der Waals surface area contributed by atoms with Gasteiger partial charge in [-0.1, -0.05) is 71.6 Å². The van der Waals surface area contributed by atoms with Crippen molar-refractivity contribution in [2.45, 2.75) is 225 Å². The normalized spacial score (nSPS) is 45.4. The van der Waals surface area contributed by atoms with Gasteiger partial charge in [0.1, 0.15) is 17.6 Å². The number of rotatable bonds is 11. The summed E-state index contributed by atoms with van der Waals surface area (Å²) in [6, 6.07) is 12.5. The Labute approximate surface area is 467 Å². The highest BCUT2D eigenvalue weighted by molar-refractivity contribution is 6.03. The maximum absolute atomic E-state index is 16.4. The van der Waals surface area contributed by atoms with Crippen molar-refractivity contribution >= 4 is 17.3 Å². The number of ether oxygens (including phenoxy) is 1. The number of allylic oxidation sites excluding steroid dienone is 2. The molecule has 78 heavy (non-hydrogen) atoms. The van der Waals surface area contributed by atoms with Crippen molar-refractivity contribution in [3.63, 3.8) is 0 Å². The predicted molar refractivity (Wildman–Crippen MR) is 307 cm³/mol. The van der Waals surface area contributed by atoms with Crippen LogP contribution in [-0.4, -0.2) is 81.6 Å². The molecule has 0 radical (unpaired) electrons. The van der Waals surface area contributed by atoms with E-state index in [4.69, 9.17) is 10.5 Å². The summed E-state index contributed by atoms with van der Waals surface area (Å²) in [5, 5.41) is 54.7. The minimum absolute atomic E-state index is 0.0293. The molecule has 2 aliphatic heterocycles. The number of phenolic OH excluding ortho intramolecular Hbond substituents is 1. The zero-order valence-electron chi connectivity index (χ0n) is 49.0. The van der Waals surface area contributed by atoms with E-state index in [1.165, 1.54) is 16.7 Å². The average molecular weight is 1070 g/mol. The Bertz CT molecular complexity index is 2680. The number of Topliss-reactive ketones (excluding diaryl/α,β-unsaturated/α-hetero) is 2. The van der Waals surface area contributed by atoms with Gasteiger partial charge in [0.05, 0.1) is 17.3 Å². The number of carbonyl (C=O) groups excluding carboxylic acids is 2. The van der Waals surface area contributed by atoms with Crippen molar-refractivity contribution in [3.8, 4) is 5.75 Å². The molecule has 20 atom stereocenters. The van der Waals surface area contributed by atoms with Crippen molar-refractivity contribution in [2.24, 2.45) is 80.8 Å². The van der Waals surface area contributed by atoms with Crippen LogP contribution in [0, 0.1) is 80.8 Å². The fourth-order valence-corrected chi connectivity index (χ4v) is 22.3. The number of fused-ring (bicyclic) bond motifs is 2. The molecule has 10 aliphatic rings. The molecule has 8 N–H and O–H groups in total. The number of aliphatic hydroxyl groups excluding tert-OH is 2. The van der Waals surface area contributed by atoms with E-state index in [0.29, 0.717) is 67.6 Å². The monoisotopic (exact) mass is 1070 g/mol. The van der Waals surface area contributed by atoms with Crippen molar-refractivity contribution in [1.29, 1.82) is 0 Å². The lowest BCUT2D eigenvalue weighted by molar-refractivity contribution is -0.240. The lowest BCUT2D eigenvalue weighted by Gasteiger charge is -2.75. The van der Waals surface area contributed by atoms with Crippen LogP contribution in [0.15, 0.2) is 47.5 Å². The summed E-state index contributed by atoms with van der Waals surface area (Å²) in [5.41, 5.74) is 11.4. The molecule has 2 saturated heterocycles. The van der Waals surface area contributed by atoms with E-state index in [0.717, 1.165) is 132 Å². The highest BCUT2D eigenvalue weighted by atomic mass is 16.6. The molecule has 428 valence electrons. The quantitative estimate of drug-likeness (QED) is 0.0846. The number of β-amino-alcohol motifs (C(OH)–C–C–N with tert-alkyl or cyclic N) is 1. The molecular formula is C68H99N3O7. The standard InChI is InChI=1S/C68H99N3O7/c1-38(2)24-40-25-43(30-46(69)27-40)48-12-11-13-52(48)67(7)62(78-67)56(74)32-50-49-29-39(36-72)14-15-42(49)16-17-45-18-19-54-59(75)58(50)53-20-21-57-65(5)33-51(44-26-41(35-70-8)28-47(73)31-44)61(76)64(4)23-10-9-22-63(3,77)37-71-55(60(64)65)34-68(45,57)66(53,54)6/h25-28,30-31,38-39,42,45,48-52,54-57,60,62,70-74,77H,9-24,29,32-37,69H2,1-8H3/t39-,42+,45-,48-,49-,50-,51+,52+,54-,55-,56+,57+,60-,62+,63+,64+,65-,66+,67+,68+/m0/s1. The van der Waals surface area contributed by atoms with Crippen LogP contribution in [0.4, 0.5) is 5.69 Å². The van der Waals surface area contributed by atoms with Gasteiger partial charge in [-0.15, -0.1) is 0 Å². The summed E-state index contributed by atoms with van der Waals surface area (Å²) < 4.78 is 6.92. The molecule has 12 rings (SSSR count). The highest BCUT2D eigenvalue weighted by Gasteiger charge is 2.78. The lowest BCUT2D eigenvalue weighted by Crippen LogP contribution is -2.74. The number of nitrogen functional groups attached to an aromatic ring is 1. The Hall–Kier alpha value is -3.12. The second kappa shape index (κ2) is 20.1. The predicted octanol–water partition coefficient (Wildman–Crippen LogP) is 11.5. The Morgan fingerprint density at radius 3 is 2.38 bits per heavy atom. The Kier molecular flexibility index (Phi) is 14.2. The van der Waals surface area contributed by atoms with Crippen molar-refractivity contribution in [2.75, 3.05) is 25.9 Å². The van der Waals surface area contributed by atoms with E-state index < -0.39 is 28.1 Å². The molecular weight excluding hydrogens is 971 g/mol. The van der Waals surface area contributed by atoms with Gasteiger partial charge in [0, 0.05) is 54.1 Å². The lowest BCUT2D eigenvalue weighted by atomic mass is 9.29. The molecule has 10 heteroatoms. The van der Waals surface area contributed by atoms with Crippen LogP contribution >= 0.6 is 0 Å². The van der Waals surface area contributed by atoms with Gasteiger partial charge in [0.2, 0.25) is 0 Å². The number of hydrogen-bond donors (Lipinski definition) is 7. The molecule has 0 aromatic heterocycles. The Morgan fingerprint density at radius 1 is 0.859 bits per heavy atom. The second-order valence-electron chi connectivity index (χ2n) is 30.0. The van der Waals surface area contributed by atoms with Crippen LogP contribution in [0.1, 0.15) is 205 Å². The average Bonchev–Trinajstić information content (AvgIpc) is 2.56. The Morgan fingerprint density at radius 2 is 1.62 bits per heavy atom. The number of phenols is 1. The van der Waals surface area contributed by atoms with Crippen LogP contribution in [0.5, 0.6) is 5.75 Å². The van der Waals surface area contributed by atoms with E-state index in [2.05, 4.69) is 76.4 Å². The zero-order chi connectivity index (χ0) is 55.1. The van der Waals surface area contributed by atoms with Gasteiger partial charge in [-0.05, 0) is 252 Å². The number of ketones is 2. The fraction of sp³-hybridized carbons (Fsp3) is 0.765. The summed E-state index contributed by atoms with van der Waals surface area (Å²) in [7, 11) is 1.92. The first kappa shape index (κ1) is 55.4. The van der Waals surface area contributed by atoms with Gasteiger partial charge in [0.15, 0.2) is 5.78 Å². The van der Waals surface area contributed by atoms with Crippen LogP contribution in [-0.2, 0) is 27.3 Å². The second-order valence-corrected chi connectivity index (χ2v) is 30.0. The van der Waals surface area contributed by atoms with Gasteiger partial charge >= 0.3 is 0 Å². The fourth-order valence-electron chi connectivity index (χ4n) is 22.3. The first-order valence-electron chi connectivity index (χ1n) is 31.7. The minimum Gasteiger partial charge on any atom is -0.508 e. The highest BCUT2D eigenvalue weighted by Crippen LogP contribution is 2.81. The molecule has 10 nitrogen and oxygen atoms in total. The van der Waals surface area contributed by atoms with Gasteiger partial charge in [-0.2, -0.15) is 0 Å². The van der Waals surface area contributed by atoms with Crippen LogP contribution in [0.3, 0.4) is 0 Å². The number of aliphatic hydroxyl groups is 3. The molecule has 2 aromatic rings. The largest absolute Gasteiger partial charge is 0.508 e. The molecule has 5 bridgehead atoms. The third kappa shape index (κ3) is 8.63. The summed E-state index contributed by atoms with van der Waals surface area (Å²) in [4.78, 5) is 32.3. The van der Waals surface area contributed by atoms with E-state index in [1.807, 2.05) is 26.1 Å².